The molecular formula is C19H19BrF3N4OP. The zero-order valence-corrected chi connectivity index (χ0v) is 18.0. The third kappa shape index (κ3) is 4.73. The summed E-state index contributed by atoms with van der Waals surface area (Å²) in [5.74, 6) is 0.264. The molecule has 0 spiro atoms. The number of rotatable bonds is 3. The molecular weight excluding hydrogens is 468 g/mol. The van der Waals surface area contributed by atoms with Crippen LogP contribution in [-0.4, -0.2) is 58.0 Å². The van der Waals surface area contributed by atoms with Crippen molar-refractivity contribution in [2.24, 2.45) is 0 Å². The number of hydrogen-bond donors (Lipinski definition) is 1. The fourth-order valence-electron chi connectivity index (χ4n) is 3.42. The van der Waals surface area contributed by atoms with E-state index in [0.717, 1.165) is 39.5 Å². The summed E-state index contributed by atoms with van der Waals surface area (Å²) in [5.41, 5.74) is 2.03. The van der Waals surface area contributed by atoms with Crippen molar-refractivity contribution < 1.29 is 18.0 Å². The van der Waals surface area contributed by atoms with E-state index in [1.54, 1.807) is 4.90 Å². The van der Waals surface area contributed by atoms with Crippen LogP contribution in [0.1, 0.15) is 27.4 Å². The van der Waals surface area contributed by atoms with Crippen molar-refractivity contribution in [2.75, 3.05) is 32.3 Å². The van der Waals surface area contributed by atoms with Gasteiger partial charge in [-0.1, -0.05) is 36.6 Å². The van der Waals surface area contributed by atoms with Crippen LogP contribution in [0.15, 0.2) is 28.7 Å². The molecule has 0 bridgehead atoms. The summed E-state index contributed by atoms with van der Waals surface area (Å²) in [6.45, 7) is 3.02. The van der Waals surface area contributed by atoms with E-state index >= 15 is 0 Å². The molecule has 2 aromatic rings. The lowest BCUT2D eigenvalue weighted by atomic mass is 10.1. The molecule has 0 saturated carbocycles. The summed E-state index contributed by atoms with van der Waals surface area (Å²) in [5, 5.41) is 0. The Morgan fingerprint density at radius 1 is 1.17 bits per heavy atom. The van der Waals surface area contributed by atoms with Gasteiger partial charge in [-0.05, 0) is 23.8 Å². The second kappa shape index (κ2) is 8.20. The Bertz CT molecular complexity index is 934. The van der Waals surface area contributed by atoms with E-state index in [4.69, 9.17) is 0 Å². The van der Waals surface area contributed by atoms with Crippen LogP contribution in [0.3, 0.4) is 0 Å². The summed E-state index contributed by atoms with van der Waals surface area (Å²) in [7, 11) is 0.544. The van der Waals surface area contributed by atoms with Crippen LogP contribution in [-0.2, 0) is 12.7 Å². The number of aromatic amines is 1. The lowest BCUT2D eigenvalue weighted by Crippen LogP contribution is -2.48. The number of fused-ring (bicyclic) bond motifs is 1. The van der Waals surface area contributed by atoms with E-state index in [0.29, 0.717) is 47.1 Å². The number of carbonyl (C=O) groups is 1. The summed E-state index contributed by atoms with van der Waals surface area (Å²) in [4.78, 5) is 24.3. The normalized spacial score (nSPS) is 18.6. The molecule has 1 aromatic carbocycles. The summed E-state index contributed by atoms with van der Waals surface area (Å²) in [6.07, 6.45) is -1.44. The average molecular weight is 487 g/mol. The van der Waals surface area contributed by atoms with Crippen LogP contribution in [0.4, 0.5) is 13.2 Å². The fraction of sp³-hybridized carbons (Fsp3) is 0.368. The van der Waals surface area contributed by atoms with Gasteiger partial charge in [-0.25, -0.2) is 4.98 Å². The van der Waals surface area contributed by atoms with Gasteiger partial charge in [0.15, 0.2) is 5.82 Å². The van der Waals surface area contributed by atoms with Crippen molar-refractivity contribution >= 4 is 41.9 Å². The highest BCUT2D eigenvalue weighted by atomic mass is 79.9. The van der Waals surface area contributed by atoms with Gasteiger partial charge in [-0.3, -0.25) is 9.69 Å². The molecule has 10 heteroatoms. The van der Waals surface area contributed by atoms with Gasteiger partial charge >= 0.3 is 6.18 Å². The number of alkyl halides is 3. The molecule has 1 N–H and O–H groups in total. The molecule has 1 amide bonds. The first kappa shape index (κ1) is 20.6. The molecule has 5 nitrogen and oxygen atoms in total. The standard InChI is InChI=1S/C19H19BrF3N4OP/c20-14-9-15-17(29-11-14)25-16(24-15)18(28)27-7-5-26(6-8-27)10-12-1-3-13(4-2-12)19(21,22)23/h1-4,9,29H,5-8,10-11H2,(H,24,25). The van der Waals surface area contributed by atoms with Gasteiger partial charge < -0.3 is 9.88 Å². The van der Waals surface area contributed by atoms with Crippen molar-refractivity contribution in [1.82, 2.24) is 19.8 Å². The molecule has 29 heavy (non-hydrogen) atoms. The van der Waals surface area contributed by atoms with Crippen molar-refractivity contribution in [3.05, 3.63) is 51.4 Å². The highest BCUT2D eigenvalue weighted by molar-refractivity contribution is 9.12. The third-order valence-corrected chi connectivity index (χ3v) is 7.31. The molecule has 2 aliphatic heterocycles. The van der Waals surface area contributed by atoms with Crippen LogP contribution < -0.4 is 5.44 Å². The Hall–Kier alpha value is -1.70. The smallest absolute Gasteiger partial charge is 0.334 e. The number of piperazine rings is 1. The zero-order valence-electron chi connectivity index (χ0n) is 15.4. The van der Waals surface area contributed by atoms with Gasteiger partial charge in [0.05, 0.1) is 16.7 Å². The predicted molar refractivity (Wildman–Crippen MR) is 111 cm³/mol. The molecule has 3 heterocycles. The minimum absolute atomic E-state index is 0.108. The van der Waals surface area contributed by atoms with Crippen molar-refractivity contribution in [3.63, 3.8) is 0 Å². The Labute approximate surface area is 176 Å². The van der Waals surface area contributed by atoms with E-state index in [2.05, 4.69) is 30.8 Å². The summed E-state index contributed by atoms with van der Waals surface area (Å²) < 4.78 is 39.1. The molecule has 1 saturated heterocycles. The minimum Gasteiger partial charge on any atom is -0.334 e. The number of amides is 1. The largest absolute Gasteiger partial charge is 0.416 e. The third-order valence-electron chi connectivity index (χ3n) is 5.01. The summed E-state index contributed by atoms with van der Waals surface area (Å²) >= 11 is 3.49. The molecule has 1 unspecified atom stereocenters. The van der Waals surface area contributed by atoms with Gasteiger partial charge in [0.25, 0.3) is 5.91 Å². The first-order chi connectivity index (χ1) is 13.8. The first-order valence-electron chi connectivity index (χ1n) is 9.17. The molecule has 0 radical (unpaired) electrons. The second-order valence-electron chi connectivity index (χ2n) is 7.06. The number of nitrogens with one attached hydrogen (secondary N) is 1. The number of nitrogens with zero attached hydrogens (tertiary/aromatic N) is 3. The Balaban J connectivity index is 1.33. The molecule has 1 fully saturated rings. The predicted octanol–water partition coefficient (Wildman–Crippen LogP) is 3.44. The van der Waals surface area contributed by atoms with Gasteiger partial charge in [0.2, 0.25) is 0 Å². The Kier molecular flexibility index (Phi) is 5.82. The fourth-order valence-corrected chi connectivity index (χ4v) is 5.02. The van der Waals surface area contributed by atoms with E-state index < -0.39 is 11.7 Å². The number of hydrogen-bond acceptors (Lipinski definition) is 3. The van der Waals surface area contributed by atoms with Gasteiger partial charge in [-0.15, -0.1) is 0 Å². The zero-order chi connectivity index (χ0) is 20.6. The van der Waals surface area contributed by atoms with E-state index in [1.165, 1.54) is 12.1 Å². The average Bonchev–Trinajstić information content (AvgIpc) is 3.11. The minimum atomic E-state index is -4.32. The van der Waals surface area contributed by atoms with Crippen molar-refractivity contribution in [3.8, 4) is 0 Å². The quantitative estimate of drug-likeness (QED) is 0.676. The maximum atomic E-state index is 12.8. The van der Waals surface area contributed by atoms with Gasteiger partial charge in [-0.2, -0.15) is 13.2 Å². The van der Waals surface area contributed by atoms with Crippen LogP contribution in [0.25, 0.3) is 6.08 Å². The maximum absolute atomic E-state index is 12.8. The summed E-state index contributed by atoms with van der Waals surface area (Å²) in [6, 6.07) is 5.25. The van der Waals surface area contributed by atoms with Crippen LogP contribution in [0.2, 0.25) is 0 Å². The molecule has 0 aliphatic carbocycles. The van der Waals surface area contributed by atoms with E-state index in [-0.39, 0.29) is 5.91 Å². The van der Waals surface area contributed by atoms with Crippen molar-refractivity contribution in [1.29, 1.82) is 0 Å². The number of imidazole rings is 1. The SMILES string of the molecule is O=C(c1nc2c([nH]1)C=C(Br)CP2)N1CCN(Cc2ccc(C(F)(F)F)cc2)CC1. The molecule has 4 rings (SSSR count). The van der Waals surface area contributed by atoms with E-state index in [1.807, 2.05) is 6.08 Å². The Morgan fingerprint density at radius 3 is 2.52 bits per heavy atom. The number of carbonyl (C=O) groups excluding carboxylic acids is 1. The molecule has 1 atom stereocenters. The van der Waals surface area contributed by atoms with Gasteiger partial charge in [0, 0.05) is 43.4 Å². The number of halogens is 4. The second-order valence-corrected chi connectivity index (χ2v) is 9.25. The number of aromatic nitrogens is 2. The highest BCUT2D eigenvalue weighted by Crippen LogP contribution is 2.29. The number of allylic oxidation sites excluding steroid dienone is 1. The topological polar surface area (TPSA) is 52.2 Å². The molecule has 154 valence electrons. The Morgan fingerprint density at radius 2 is 1.86 bits per heavy atom. The monoisotopic (exact) mass is 486 g/mol. The van der Waals surface area contributed by atoms with Crippen molar-refractivity contribution in [2.45, 2.75) is 12.7 Å². The number of benzene rings is 1. The van der Waals surface area contributed by atoms with Crippen LogP contribution >= 0.6 is 24.5 Å². The maximum Gasteiger partial charge on any atom is 0.416 e. The van der Waals surface area contributed by atoms with E-state index in [9.17, 15) is 18.0 Å². The lowest BCUT2D eigenvalue weighted by Gasteiger charge is -2.34. The molecule has 1 aromatic heterocycles. The van der Waals surface area contributed by atoms with Gasteiger partial charge in [0.1, 0.15) is 0 Å². The molecule has 2 aliphatic rings. The lowest BCUT2D eigenvalue weighted by molar-refractivity contribution is -0.137. The number of H-pyrrole nitrogens is 1. The first-order valence-corrected chi connectivity index (χ1v) is 11.2. The highest BCUT2D eigenvalue weighted by Gasteiger charge is 2.30. The van der Waals surface area contributed by atoms with Crippen LogP contribution in [0.5, 0.6) is 0 Å². The van der Waals surface area contributed by atoms with Crippen LogP contribution in [0, 0.1) is 0 Å².